The lowest BCUT2D eigenvalue weighted by Crippen LogP contribution is -2.34. The van der Waals surface area contributed by atoms with E-state index in [-0.39, 0.29) is 6.54 Å². The number of nitrogens with zero attached hydrogens (tertiary/aromatic N) is 4. The Balaban J connectivity index is 1.59. The van der Waals surface area contributed by atoms with Crippen LogP contribution in [0.15, 0.2) is 42.7 Å². The Morgan fingerprint density at radius 3 is 2.68 bits per heavy atom. The number of likely N-dealkylation sites (tertiary alicyclic amines) is 1. The van der Waals surface area contributed by atoms with Crippen LogP contribution < -0.4 is 4.90 Å². The third-order valence-electron chi connectivity index (χ3n) is 4.59. The highest BCUT2D eigenvalue weighted by atomic mass is 16.4. The van der Waals surface area contributed by atoms with Crippen molar-refractivity contribution in [2.45, 2.75) is 25.3 Å². The van der Waals surface area contributed by atoms with Gasteiger partial charge in [-0.1, -0.05) is 30.3 Å². The van der Waals surface area contributed by atoms with E-state index in [4.69, 9.17) is 5.11 Å². The van der Waals surface area contributed by atoms with E-state index in [9.17, 15) is 4.79 Å². The van der Waals surface area contributed by atoms with Crippen LogP contribution in [0.25, 0.3) is 0 Å². The maximum Gasteiger partial charge on any atom is 0.323 e. The van der Waals surface area contributed by atoms with Crippen molar-refractivity contribution >= 4 is 11.9 Å². The van der Waals surface area contributed by atoms with E-state index in [2.05, 4.69) is 45.2 Å². The van der Waals surface area contributed by atoms with Crippen molar-refractivity contribution in [3.63, 3.8) is 0 Å². The summed E-state index contributed by atoms with van der Waals surface area (Å²) in [5, 5.41) is 8.83. The zero-order valence-corrected chi connectivity index (χ0v) is 14.5. The molecule has 1 aliphatic rings. The molecule has 1 aromatic carbocycles. The van der Waals surface area contributed by atoms with Gasteiger partial charge in [-0.15, -0.1) is 0 Å². The maximum absolute atomic E-state index is 10.8. The van der Waals surface area contributed by atoms with Gasteiger partial charge in [0, 0.05) is 38.1 Å². The molecule has 1 fully saturated rings. The summed E-state index contributed by atoms with van der Waals surface area (Å²) in [6, 6.07) is 10.7. The Morgan fingerprint density at radius 2 is 2.00 bits per heavy atom. The van der Waals surface area contributed by atoms with Crippen molar-refractivity contribution in [3.8, 4) is 0 Å². The number of hydrogen-bond donors (Lipinski definition) is 1. The van der Waals surface area contributed by atoms with Gasteiger partial charge >= 0.3 is 5.97 Å². The first-order valence-electron chi connectivity index (χ1n) is 8.63. The average molecular weight is 340 g/mol. The minimum absolute atomic E-state index is 0.107. The molecule has 6 nitrogen and oxygen atoms in total. The summed E-state index contributed by atoms with van der Waals surface area (Å²) in [6.07, 6.45) is 6.02. The van der Waals surface area contributed by atoms with E-state index < -0.39 is 5.97 Å². The van der Waals surface area contributed by atoms with Crippen molar-refractivity contribution < 1.29 is 9.90 Å². The lowest BCUT2D eigenvalue weighted by molar-refractivity contribution is -0.135. The summed E-state index contributed by atoms with van der Waals surface area (Å²) in [5.41, 5.74) is 2.47. The van der Waals surface area contributed by atoms with Crippen molar-refractivity contribution in [2.24, 2.45) is 0 Å². The molecule has 25 heavy (non-hydrogen) atoms. The molecule has 2 aromatic rings. The Labute approximate surface area is 148 Å². The Hall–Kier alpha value is -2.47. The van der Waals surface area contributed by atoms with Gasteiger partial charge in [-0.25, -0.2) is 9.97 Å². The molecular formula is C19H24N4O2. The largest absolute Gasteiger partial charge is 0.480 e. The topological polar surface area (TPSA) is 69.6 Å². The number of likely N-dealkylation sites (N-methyl/N-ethyl adjacent to an activating group) is 1. The predicted molar refractivity (Wildman–Crippen MR) is 96.6 cm³/mol. The fourth-order valence-electron chi connectivity index (χ4n) is 3.35. The van der Waals surface area contributed by atoms with Gasteiger partial charge in [0.05, 0.1) is 0 Å². The summed E-state index contributed by atoms with van der Waals surface area (Å²) >= 11 is 0. The quantitative estimate of drug-likeness (QED) is 0.871. The minimum Gasteiger partial charge on any atom is -0.480 e. The molecule has 0 amide bonds. The van der Waals surface area contributed by atoms with Gasteiger partial charge in [0.2, 0.25) is 5.95 Å². The molecular weight excluding hydrogens is 316 g/mol. The SMILES string of the molecule is CN(CC(=O)O)c1ncc(CN2CCCC(c3ccccc3)C2)cn1. The predicted octanol–water partition coefficient (Wildman–Crippen LogP) is 2.38. The summed E-state index contributed by atoms with van der Waals surface area (Å²) in [4.78, 5) is 23.3. The van der Waals surface area contributed by atoms with Crippen LogP contribution >= 0.6 is 0 Å². The van der Waals surface area contributed by atoms with Crippen molar-refractivity contribution in [1.29, 1.82) is 0 Å². The number of anilines is 1. The molecule has 6 heteroatoms. The summed E-state index contributed by atoms with van der Waals surface area (Å²) in [6.45, 7) is 2.85. The minimum atomic E-state index is -0.893. The number of benzene rings is 1. The van der Waals surface area contributed by atoms with Crippen LogP contribution in [0.5, 0.6) is 0 Å². The highest BCUT2D eigenvalue weighted by molar-refractivity contribution is 5.72. The van der Waals surface area contributed by atoms with Gasteiger partial charge in [-0.05, 0) is 30.9 Å². The molecule has 1 atom stereocenters. The normalized spacial score (nSPS) is 18.0. The van der Waals surface area contributed by atoms with Crippen LogP contribution in [0.4, 0.5) is 5.95 Å². The second-order valence-electron chi connectivity index (χ2n) is 6.63. The van der Waals surface area contributed by atoms with Crippen LogP contribution in [0.3, 0.4) is 0 Å². The molecule has 3 rings (SSSR count). The van der Waals surface area contributed by atoms with Crippen LogP contribution in [-0.2, 0) is 11.3 Å². The lowest BCUT2D eigenvalue weighted by atomic mass is 9.90. The Bertz CT molecular complexity index is 690. The number of piperidine rings is 1. The second kappa shape index (κ2) is 8.07. The third kappa shape index (κ3) is 4.76. The van der Waals surface area contributed by atoms with E-state index in [0.29, 0.717) is 11.9 Å². The zero-order chi connectivity index (χ0) is 17.6. The van der Waals surface area contributed by atoms with E-state index in [0.717, 1.165) is 25.2 Å². The summed E-state index contributed by atoms with van der Waals surface area (Å²) in [7, 11) is 1.68. The van der Waals surface area contributed by atoms with Crippen LogP contribution in [0, 0.1) is 0 Å². The molecule has 1 aromatic heterocycles. The smallest absolute Gasteiger partial charge is 0.323 e. The fraction of sp³-hybridized carbons (Fsp3) is 0.421. The first-order chi connectivity index (χ1) is 12.1. The molecule has 1 unspecified atom stereocenters. The molecule has 132 valence electrons. The third-order valence-corrected chi connectivity index (χ3v) is 4.59. The number of rotatable bonds is 6. The van der Waals surface area contributed by atoms with E-state index in [1.165, 1.54) is 23.3 Å². The summed E-state index contributed by atoms with van der Waals surface area (Å²) in [5.74, 6) is 0.124. The van der Waals surface area contributed by atoms with Crippen LogP contribution in [0.1, 0.15) is 29.9 Å². The summed E-state index contributed by atoms with van der Waals surface area (Å²) < 4.78 is 0. The highest BCUT2D eigenvalue weighted by Gasteiger charge is 2.21. The lowest BCUT2D eigenvalue weighted by Gasteiger charge is -2.33. The molecule has 1 aliphatic heterocycles. The first-order valence-corrected chi connectivity index (χ1v) is 8.63. The number of carboxylic acid groups (broad SMARTS) is 1. The molecule has 0 bridgehead atoms. The van der Waals surface area contributed by atoms with Crippen molar-refractivity contribution in [2.75, 3.05) is 31.6 Å². The van der Waals surface area contributed by atoms with E-state index in [1.54, 1.807) is 19.4 Å². The van der Waals surface area contributed by atoms with Crippen molar-refractivity contribution in [1.82, 2.24) is 14.9 Å². The number of carbonyl (C=O) groups is 1. The molecule has 0 radical (unpaired) electrons. The molecule has 0 spiro atoms. The van der Waals surface area contributed by atoms with E-state index in [1.807, 2.05) is 0 Å². The monoisotopic (exact) mass is 340 g/mol. The molecule has 1 N–H and O–H groups in total. The number of carboxylic acids is 1. The Morgan fingerprint density at radius 1 is 1.28 bits per heavy atom. The first kappa shape index (κ1) is 17.4. The Kier molecular flexibility index (Phi) is 5.60. The maximum atomic E-state index is 10.8. The zero-order valence-electron chi connectivity index (χ0n) is 14.5. The molecule has 1 saturated heterocycles. The van der Waals surface area contributed by atoms with Crippen LogP contribution in [-0.4, -0.2) is 52.6 Å². The molecule has 0 saturated carbocycles. The fourth-order valence-corrected chi connectivity index (χ4v) is 3.35. The van der Waals surface area contributed by atoms with Gasteiger partial charge in [0.15, 0.2) is 0 Å². The molecule has 0 aliphatic carbocycles. The van der Waals surface area contributed by atoms with E-state index >= 15 is 0 Å². The van der Waals surface area contributed by atoms with Gasteiger partial charge < -0.3 is 10.0 Å². The van der Waals surface area contributed by atoms with Gasteiger partial charge in [0.1, 0.15) is 6.54 Å². The van der Waals surface area contributed by atoms with Gasteiger partial charge in [-0.3, -0.25) is 9.69 Å². The average Bonchev–Trinajstić information content (AvgIpc) is 2.63. The standard InChI is InChI=1S/C19H24N4O2/c1-22(14-18(24)25)19-20-10-15(11-21-19)12-23-9-5-8-17(13-23)16-6-3-2-4-7-16/h2-4,6-7,10-11,17H,5,8-9,12-14H2,1H3,(H,24,25). The van der Waals surface area contributed by atoms with Crippen molar-refractivity contribution in [3.05, 3.63) is 53.9 Å². The number of aliphatic carboxylic acids is 1. The van der Waals surface area contributed by atoms with Gasteiger partial charge in [-0.2, -0.15) is 0 Å². The van der Waals surface area contributed by atoms with Gasteiger partial charge in [0.25, 0.3) is 0 Å². The number of hydrogen-bond acceptors (Lipinski definition) is 5. The second-order valence-corrected chi connectivity index (χ2v) is 6.63. The number of aromatic nitrogens is 2. The van der Waals surface area contributed by atoms with Crippen LogP contribution in [0.2, 0.25) is 0 Å². The molecule has 2 heterocycles. The highest BCUT2D eigenvalue weighted by Crippen LogP contribution is 2.27.